The molecular formula is C23H27Cl2NO6S. The molecule has 0 saturated carbocycles. The lowest BCUT2D eigenvalue weighted by Crippen LogP contribution is -2.47. The molecule has 0 unspecified atom stereocenters. The molecule has 0 aliphatic carbocycles. The highest BCUT2D eigenvalue weighted by molar-refractivity contribution is 7.88. The van der Waals surface area contributed by atoms with E-state index in [-0.39, 0.29) is 18.9 Å². The summed E-state index contributed by atoms with van der Waals surface area (Å²) in [4.78, 5) is 11.8. The number of Topliss-reactive ketones (excluding diaryl/α,β-unsaturated/α-hetero) is 1. The molecule has 1 N–H and O–H groups in total. The molecule has 1 heterocycles. The van der Waals surface area contributed by atoms with Gasteiger partial charge in [0.05, 0.1) is 48.1 Å². The van der Waals surface area contributed by atoms with Crippen LogP contribution in [0.2, 0.25) is 10.0 Å². The number of halogens is 2. The maximum Gasteiger partial charge on any atom is 0.209 e. The number of carbonyl (C=O) groups excluding carboxylic acids is 1. The minimum atomic E-state index is -3.43. The maximum absolute atomic E-state index is 11.8. The summed E-state index contributed by atoms with van der Waals surface area (Å²) in [5.41, 5.74) is 1.53. The van der Waals surface area contributed by atoms with Crippen molar-refractivity contribution in [3.63, 3.8) is 0 Å². The van der Waals surface area contributed by atoms with Crippen molar-refractivity contribution in [3.8, 4) is 11.5 Å². The van der Waals surface area contributed by atoms with Crippen LogP contribution < -0.4 is 14.2 Å². The number of benzene rings is 2. The van der Waals surface area contributed by atoms with Crippen molar-refractivity contribution in [3.05, 3.63) is 57.6 Å². The van der Waals surface area contributed by atoms with Crippen molar-refractivity contribution in [2.75, 3.05) is 39.2 Å². The van der Waals surface area contributed by atoms with E-state index < -0.39 is 15.4 Å². The number of ether oxygens (including phenoxy) is 3. The Labute approximate surface area is 204 Å². The van der Waals surface area contributed by atoms with E-state index in [2.05, 4.69) is 11.6 Å². The third kappa shape index (κ3) is 6.61. The van der Waals surface area contributed by atoms with Gasteiger partial charge in [0, 0.05) is 0 Å². The molecule has 3 rings (SSSR count). The summed E-state index contributed by atoms with van der Waals surface area (Å²) in [7, 11) is -3.43. The fraction of sp³-hybridized carbons (Fsp3) is 0.435. The number of ketones is 1. The van der Waals surface area contributed by atoms with Gasteiger partial charge in [-0.1, -0.05) is 48.7 Å². The number of rotatable bonds is 12. The zero-order chi connectivity index (χ0) is 24.1. The summed E-state index contributed by atoms with van der Waals surface area (Å²) in [6, 6.07) is 11.1. The van der Waals surface area contributed by atoms with Crippen LogP contribution >= 0.6 is 23.2 Å². The van der Waals surface area contributed by atoms with Crippen LogP contribution in [0.25, 0.3) is 0 Å². The van der Waals surface area contributed by atoms with Gasteiger partial charge in [-0.3, -0.25) is 4.79 Å². The summed E-state index contributed by atoms with van der Waals surface area (Å²) in [5.74, 6) is 0.612. The fourth-order valence-corrected chi connectivity index (χ4v) is 4.41. The molecule has 0 radical (unpaired) electrons. The van der Waals surface area contributed by atoms with Gasteiger partial charge in [0.15, 0.2) is 11.5 Å². The molecule has 0 spiro atoms. The van der Waals surface area contributed by atoms with Crippen LogP contribution in [0.5, 0.6) is 11.5 Å². The fourth-order valence-electron chi connectivity index (χ4n) is 3.40. The van der Waals surface area contributed by atoms with Crippen LogP contribution in [0.1, 0.15) is 30.9 Å². The Hall–Kier alpha value is -1.84. The topological polar surface area (TPSA) is 90.9 Å². The molecule has 1 saturated heterocycles. The van der Waals surface area contributed by atoms with Crippen LogP contribution in [-0.2, 0) is 25.0 Å². The second kappa shape index (κ2) is 11.1. The van der Waals surface area contributed by atoms with Crippen LogP contribution in [-0.4, -0.2) is 53.4 Å². The van der Waals surface area contributed by atoms with E-state index in [1.807, 2.05) is 24.3 Å². The predicted octanol–water partition coefficient (Wildman–Crippen LogP) is 3.99. The first-order valence-electron chi connectivity index (χ1n) is 10.5. The van der Waals surface area contributed by atoms with Gasteiger partial charge in [0.1, 0.15) is 12.4 Å². The summed E-state index contributed by atoms with van der Waals surface area (Å²) < 4.78 is 41.1. The molecule has 0 bridgehead atoms. The Morgan fingerprint density at radius 3 is 2.24 bits per heavy atom. The molecule has 0 atom stereocenters. The Kier molecular flexibility index (Phi) is 8.64. The lowest BCUT2D eigenvalue weighted by molar-refractivity contribution is -0.119. The minimum Gasteiger partial charge on any atom is -0.490 e. The number of carbonyl (C=O) groups is 1. The normalized spacial score (nSPS) is 15.0. The van der Waals surface area contributed by atoms with Crippen molar-refractivity contribution in [2.24, 2.45) is 0 Å². The maximum atomic E-state index is 11.8. The van der Waals surface area contributed by atoms with Crippen molar-refractivity contribution >= 4 is 39.0 Å². The smallest absolute Gasteiger partial charge is 0.209 e. The van der Waals surface area contributed by atoms with Gasteiger partial charge in [-0.25, -0.2) is 13.1 Å². The number of unbranched alkanes of at least 4 members (excludes halogenated alkanes) is 1. The highest BCUT2D eigenvalue weighted by Crippen LogP contribution is 2.44. The average Bonchev–Trinajstić information content (AvgIpc) is 2.72. The molecule has 1 aliphatic heterocycles. The molecule has 0 aromatic heterocycles. The molecule has 2 aromatic rings. The van der Waals surface area contributed by atoms with E-state index in [0.29, 0.717) is 41.4 Å². The third-order valence-electron chi connectivity index (χ3n) is 5.33. The monoisotopic (exact) mass is 515 g/mol. The first kappa shape index (κ1) is 25.8. The van der Waals surface area contributed by atoms with E-state index in [9.17, 15) is 13.2 Å². The first-order valence-corrected chi connectivity index (χ1v) is 13.2. The van der Waals surface area contributed by atoms with Crippen molar-refractivity contribution in [1.82, 2.24) is 4.72 Å². The molecule has 7 nitrogen and oxygen atoms in total. The zero-order valence-corrected chi connectivity index (χ0v) is 20.9. The predicted molar refractivity (Wildman–Crippen MR) is 128 cm³/mol. The quantitative estimate of drug-likeness (QED) is 0.429. The molecule has 2 aromatic carbocycles. The molecular weight excluding hydrogens is 489 g/mol. The Bertz CT molecular complexity index is 1060. The van der Waals surface area contributed by atoms with Gasteiger partial charge >= 0.3 is 0 Å². The number of sulfonamides is 1. The second-order valence-corrected chi connectivity index (χ2v) is 10.6. The zero-order valence-electron chi connectivity index (χ0n) is 18.5. The number of hydrogen-bond acceptors (Lipinski definition) is 6. The van der Waals surface area contributed by atoms with Gasteiger partial charge in [-0.05, 0) is 41.8 Å². The van der Waals surface area contributed by atoms with Gasteiger partial charge in [0.2, 0.25) is 10.0 Å². The van der Waals surface area contributed by atoms with E-state index in [0.717, 1.165) is 30.2 Å². The highest BCUT2D eigenvalue weighted by atomic mass is 35.5. The molecule has 1 aliphatic rings. The Morgan fingerprint density at radius 1 is 1.09 bits per heavy atom. The molecule has 0 amide bonds. The molecule has 180 valence electrons. The lowest BCUT2D eigenvalue weighted by atomic mass is 9.73. The second-order valence-electron chi connectivity index (χ2n) is 7.99. The van der Waals surface area contributed by atoms with E-state index in [1.165, 1.54) is 0 Å². The van der Waals surface area contributed by atoms with E-state index >= 15 is 0 Å². The van der Waals surface area contributed by atoms with E-state index in [4.69, 9.17) is 37.4 Å². The number of hydrogen-bond donors (Lipinski definition) is 1. The SMILES string of the molecule is CCCCOc1c(Cl)cc(C2(c3ccc(OCC(=O)CNS(C)(=O)=O)cc3)COC2)cc1Cl. The van der Waals surface area contributed by atoms with Crippen molar-refractivity contribution in [1.29, 1.82) is 0 Å². The first-order chi connectivity index (χ1) is 15.6. The molecule has 1 fully saturated rings. The van der Waals surface area contributed by atoms with Gasteiger partial charge in [-0.2, -0.15) is 0 Å². The molecule has 33 heavy (non-hydrogen) atoms. The van der Waals surface area contributed by atoms with Gasteiger partial charge in [0.25, 0.3) is 0 Å². The molecule has 10 heteroatoms. The van der Waals surface area contributed by atoms with Crippen molar-refractivity contribution < 1.29 is 27.4 Å². The third-order valence-corrected chi connectivity index (χ3v) is 6.56. The largest absolute Gasteiger partial charge is 0.490 e. The van der Waals surface area contributed by atoms with Crippen molar-refractivity contribution in [2.45, 2.75) is 25.2 Å². The van der Waals surface area contributed by atoms with Gasteiger partial charge < -0.3 is 14.2 Å². The summed E-state index contributed by atoms with van der Waals surface area (Å²) in [6.07, 6.45) is 2.92. The summed E-state index contributed by atoms with van der Waals surface area (Å²) in [5, 5.41) is 0.919. The Morgan fingerprint density at radius 2 is 1.73 bits per heavy atom. The number of nitrogens with one attached hydrogen (secondary N) is 1. The minimum absolute atomic E-state index is 0.235. The summed E-state index contributed by atoms with van der Waals surface area (Å²) >= 11 is 13.0. The standard InChI is InChI=1S/C23H27Cl2NO6S/c1-3-4-9-31-22-20(24)10-17(11-21(22)25)23(14-30-15-23)16-5-7-19(8-6-16)32-13-18(27)12-26-33(2,28)29/h5-8,10-11,26H,3-4,9,12-15H2,1-2H3. The lowest BCUT2D eigenvalue weighted by Gasteiger charge is -2.42. The van der Waals surface area contributed by atoms with Crippen LogP contribution in [0.15, 0.2) is 36.4 Å². The average molecular weight is 516 g/mol. The van der Waals surface area contributed by atoms with Gasteiger partial charge in [-0.15, -0.1) is 0 Å². The Balaban J connectivity index is 1.71. The van der Waals surface area contributed by atoms with Crippen LogP contribution in [0, 0.1) is 0 Å². The van der Waals surface area contributed by atoms with Crippen LogP contribution in [0.4, 0.5) is 0 Å². The van der Waals surface area contributed by atoms with E-state index in [1.54, 1.807) is 12.1 Å². The summed E-state index contributed by atoms with van der Waals surface area (Å²) in [6.45, 7) is 3.05. The van der Waals surface area contributed by atoms with Crippen LogP contribution in [0.3, 0.4) is 0 Å². The highest BCUT2D eigenvalue weighted by Gasteiger charge is 2.42.